The summed E-state index contributed by atoms with van der Waals surface area (Å²) in [6, 6.07) is 0. The lowest BCUT2D eigenvalue weighted by molar-refractivity contribution is -0.283. The first-order valence-electron chi connectivity index (χ1n) is 8.28. The van der Waals surface area contributed by atoms with E-state index >= 15 is 0 Å². The van der Waals surface area contributed by atoms with Gasteiger partial charge in [-0.3, -0.25) is 0 Å². The standard InChI is InChI=1S/C19H26O2/c1-11-10-18-12(2)8-9-15(17(18,3)4)19(18,21)16-13(11)6-5-7-14(16)20/h8,14-15,20-21H,1,5-7,9-10H2,2-4H3/t14-,15+,18-,19-/m0/s1. The summed E-state index contributed by atoms with van der Waals surface area (Å²) in [6.07, 6.45) is 6.34. The summed E-state index contributed by atoms with van der Waals surface area (Å²) < 4.78 is 0. The van der Waals surface area contributed by atoms with Crippen LogP contribution in [-0.2, 0) is 0 Å². The Kier molecular flexibility index (Phi) is 2.44. The predicted octanol–water partition coefficient (Wildman–Crippen LogP) is 3.51. The maximum Gasteiger partial charge on any atom is 0.102 e. The van der Waals surface area contributed by atoms with Gasteiger partial charge in [-0.2, -0.15) is 0 Å². The summed E-state index contributed by atoms with van der Waals surface area (Å²) in [4.78, 5) is 0. The number of allylic oxidation sites excluding steroid dienone is 3. The molecule has 1 spiro atoms. The topological polar surface area (TPSA) is 40.5 Å². The van der Waals surface area contributed by atoms with Crippen molar-refractivity contribution in [2.24, 2.45) is 16.7 Å². The van der Waals surface area contributed by atoms with E-state index in [2.05, 4.69) is 33.4 Å². The Labute approximate surface area is 127 Å². The van der Waals surface area contributed by atoms with Crippen LogP contribution in [0.1, 0.15) is 52.9 Å². The minimum Gasteiger partial charge on any atom is -0.389 e. The molecule has 0 saturated heterocycles. The van der Waals surface area contributed by atoms with Crippen LogP contribution in [0.3, 0.4) is 0 Å². The molecule has 4 aliphatic carbocycles. The van der Waals surface area contributed by atoms with E-state index in [1.165, 1.54) is 11.1 Å². The first-order valence-corrected chi connectivity index (χ1v) is 8.28. The molecule has 0 aromatic rings. The van der Waals surface area contributed by atoms with Crippen molar-refractivity contribution in [1.29, 1.82) is 0 Å². The normalized spacial score (nSPS) is 47.3. The van der Waals surface area contributed by atoms with E-state index in [1.807, 2.05) is 0 Å². The minimum atomic E-state index is -0.842. The van der Waals surface area contributed by atoms with Crippen LogP contribution < -0.4 is 0 Å². The fourth-order valence-electron chi connectivity index (χ4n) is 6.42. The molecule has 0 unspecified atom stereocenters. The smallest absolute Gasteiger partial charge is 0.102 e. The highest BCUT2D eigenvalue weighted by molar-refractivity contribution is 5.58. The number of aliphatic hydroxyl groups is 2. The van der Waals surface area contributed by atoms with Crippen molar-refractivity contribution in [1.82, 2.24) is 0 Å². The second-order valence-electron chi connectivity index (χ2n) is 8.15. The second kappa shape index (κ2) is 3.72. The van der Waals surface area contributed by atoms with Gasteiger partial charge in [-0.25, -0.2) is 0 Å². The van der Waals surface area contributed by atoms with Crippen molar-refractivity contribution in [2.45, 2.75) is 64.6 Å². The van der Waals surface area contributed by atoms with Gasteiger partial charge < -0.3 is 10.2 Å². The molecule has 0 aromatic heterocycles. The van der Waals surface area contributed by atoms with Crippen LogP contribution in [0.5, 0.6) is 0 Å². The van der Waals surface area contributed by atoms with E-state index in [1.54, 1.807) is 0 Å². The summed E-state index contributed by atoms with van der Waals surface area (Å²) >= 11 is 0. The van der Waals surface area contributed by atoms with E-state index in [-0.39, 0.29) is 16.7 Å². The van der Waals surface area contributed by atoms with Crippen LogP contribution in [0.4, 0.5) is 0 Å². The van der Waals surface area contributed by atoms with Crippen LogP contribution in [0.25, 0.3) is 0 Å². The van der Waals surface area contributed by atoms with E-state index in [0.29, 0.717) is 0 Å². The second-order valence-corrected chi connectivity index (χ2v) is 8.15. The van der Waals surface area contributed by atoms with E-state index in [0.717, 1.165) is 43.3 Å². The fourth-order valence-corrected chi connectivity index (χ4v) is 6.42. The largest absolute Gasteiger partial charge is 0.389 e. The van der Waals surface area contributed by atoms with Crippen molar-refractivity contribution in [3.05, 3.63) is 34.9 Å². The van der Waals surface area contributed by atoms with Crippen molar-refractivity contribution < 1.29 is 10.2 Å². The summed E-state index contributed by atoms with van der Waals surface area (Å²) in [6.45, 7) is 11.1. The Bertz CT molecular complexity index is 609. The van der Waals surface area contributed by atoms with Crippen LogP contribution in [0, 0.1) is 16.7 Å². The zero-order valence-corrected chi connectivity index (χ0v) is 13.4. The number of rotatable bonds is 0. The molecule has 0 amide bonds. The summed E-state index contributed by atoms with van der Waals surface area (Å²) in [7, 11) is 0. The van der Waals surface area contributed by atoms with Crippen LogP contribution in [-0.4, -0.2) is 21.9 Å². The molecule has 1 fully saturated rings. The molecule has 2 nitrogen and oxygen atoms in total. The van der Waals surface area contributed by atoms with Crippen LogP contribution >= 0.6 is 0 Å². The highest BCUT2D eigenvalue weighted by atomic mass is 16.3. The zero-order valence-electron chi connectivity index (χ0n) is 13.4. The molecule has 0 aliphatic heterocycles. The lowest BCUT2D eigenvalue weighted by Crippen LogP contribution is -2.79. The quantitative estimate of drug-likeness (QED) is 0.669. The Balaban J connectivity index is 2.01. The Hall–Kier alpha value is -0.860. The SMILES string of the molecule is C=C1C[C@]23C(C)=CC[C@H](C2(C)C)[C@]3(O)C2=C1CCC[C@@H]2O. The molecule has 0 radical (unpaired) electrons. The lowest BCUT2D eigenvalue weighted by Gasteiger charge is -2.77. The van der Waals surface area contributed by atoms with Gasteiger partial charge in [0.15, 0.2) is 0 Å². The van der Waals surface area contributed by atoms with E-state index in [4.69, 9.17) is 0 Å². The molecule has 0 aromatic carbocycles. The minimum absolute atomic E-state index is 0.0687. The average molecular weight is 286 g/mol. The molecule has 4 atom stereocenters. The summed E-state index contributed by atoms with van der Waals surface area (Å²) in [5.41, 5.74) is 3.53. The van der Waals surface area contributed by atoms with Crippen molar-refractivity contribution >= 4 is 0 Å². The molecule has 21 heavy (non-hydrogen) atoms. The number of fused-ring (bicyclic) bond motifs is 3. The Morgan fingerprint density at radius 2 is 2.05 bits per heavy atom. The fraction of sp³-hybridized carbons (Fsp3) is 0.684. The lowest BCUT2D eigenvalue weighted by atomic mass is 9.28. The number of aliphatic hydroxyl groups excluding tert-OH is 1. The van der Waals surface area contributed by atoms with Crippen molar-refractivity contribution in [2.75, 3.05) is 0 Å². The van der Waals surface area contributed by atoms with Gasteiger partial charge in [0.05, 0.1) is 6.10 Å². The monoisotopic (exact) mass is 286 g/mol. The molecule has 1 saturated carbocycles. The third-order valence-corrected chi connectivity index (χ3v) is 7.34. The van der Waals surface area contributed by atoms with Gasteiger partial charge in [0.1, 0.15) is 5.60 Å². The molecule has 114 valence electrons. The van der Waals surface area contributed by atoms with Gasteiger partial charge in [0.25, 0.3) is 0 Å². The average Bonchev–Trinajstić information content (AvgIpc) is 2.40. The van der Waals surface area contributed by atoms with E-state index in [9.17, 15) is 10.2 Å². The van der Waals surface area contributed by atoms with Gasteiger partial charge in [0, 0.05) is 11.3 Å². The molecular formula is C19H26O2. The Morgan fingerprint density at radius 1 is 1.33 bits per heavy atom. The van der Waals surface area contributed by atoms with E-state index < -0.39 is 11.7 Å². The van der Waals surface area contributed by atoms with Gasteiger partial charge in [-0.1, -0.05) is 37.6 Å². The number of hydrogen-bond acceptors (Lipinski definition) is 2. The first-order chi connectivity index (χ1) is 9.78. The summed E-state index contributed by atoms with van der Waals surface area (Å²) in [5.74, 6) is 0.222. The molecule has 2 heteroatoms. The van der Waals surface area contributed by atoms with Crippen molar-refractivity contribution in [3.63, 3.8) is 0 Å². The van der Waals surface area contributed by atoms with Gasteiger partial charge in [-0.05, 0) is 55.6 Å². The molecule has 4 rings (SSSR count). The molecule has 2 bridgehead atoms. The first kappa shape index (κ1) is 13.8. The highest BCUT2D eigenvalue weighted by Gasteiger charge is 2.79. The third kappa shape index (κ3) is 1.18. The third-order valence-electron chi connectivity index (χ3n) is 7.34. The highest BCUT2D eigenvalue weighted by Crippen LogP contribution is 2.79. The predicted molar refractivity (Wildman–Crippen MR) is 83.7 cm³/mol. The van der Waals surface area contributed by atoms with Gasteiger partial charge >= 0.3 is 0 Å². The van der Waals surface area contributed by atoms with Crippen LogP contribution in [0.15, 0.2) is 34.9 Å². The molecule has 0 heterocycles. The maximum atomic E-state index is 11.8. The number of hydrogen-bond donors (Lipinski definition) is 2. The summed E-state index contributed by atoms with van der Waals surface area (Å²) in [5, 5.41) is 22.4. The van der Waals surface area contributed by atoms with Crippen LogP contribution in [0.2, 0.25) is 0 Å². The Morgan fingerprint density at radius 3 is 2.71 bits per heavy atom. The molecule has 2 N–H and O–H groups in total. The van der Waals surface area contributed by atoms with Gasteiger partial charge in [0.2, 0.25) is 0 Å². The van der Waals surface area contributed by atoms with Crippen molar-refractivity contribution in [3.8, 4) is 0 Å². The molecular weight excluding hydrogens is 260 g/mol. The zero-order chi connectivity index (χ0) is 15.2. The molecule has 4 aliphatic rings. The van der Waals surface area contributed by atoms with Gasteiger partial charge in [-0.15, -0.1) is 0 Å². The maximum absolute atomic E-state index is 11.8.